The molecule has 0 saturated carbocycles. The number of amides is 1. The largest absolute Gasteiger partial charge is 0.496 e. The molecule has 0 atom stereocenters. The van der Waals surface area contributed by atoms with Crippen molar-refractivity contribution >= 4 is 27.5 Å². The average Bonchev–Trinajstić information content (AvgIpc) is 2.90. The van der Waals surface area contributed by atoms with Crippen LogP contribution >= 0.6 is 11.3 Å². The van der Waals surface area contributed by atoms with Crippen molar-refractivity contribution in [2.45, 2.75) is 6.92 Å². The van der Waals surface area contributed by atoms with E-state index in [1.54, 1.807) is 25.3 Å². The highest BCUT2D eigenvalue weighted by Gasteiger charge is 2.12. The molecule has 5 nitrogen and oxygen atoms in total. The molecule has 124 valence electrons. The van der Waals surface area contributed by atoms with E-state index >= 15 is 0 Å². The Balaban J connectivity index is 2.06. The van der Waals surface area contributed by atoms with Gasteiger partial charge in [0, 0.05) is 7.05 Å². The number of thiazole rings is 1. The highest BCUT2D eigenvalue weighted by molar-refractivity contribution is 7.16. The molecule has 0 bridgehead atoms. The van der Waals surface area contributed by atoms with Crippen LogP contribution < -0.4 is 14.3 Å². The summed E-state index contributed by atoms with van der Waals surface area (Å²) in [6.45, 7) is 2.57. The minimum absolute atomic E-state index is 0.320. The molecule has 0 aliphatic carbocycles. The van der Waals surface area contributed by atoms with Gasteiger partial charge in [-0.05, 0) is 37.3 Å². The summed E-state index contributed by atoms with van der Waals surface area (Å²) in [4.78, 5) is 17.4. The highest BCUT2D eigenvalue weighted by atomic mass is 32.1. The molecule has 0 radical (unpaired) electrons. The van der Waals surface area contributed by atoms with Crippen LogP contribution in [-0.2, 0) is 7.05 Å². The lowest BCUT2D eigenvalue weighted by Crippen LogP contribution is -2.13. The first kappa shape index (κ1) is 16.3. The molecule has 3 aromatic rings. The standard InChI is InChI=1S/C18H18N2O3S/c1-4-23-12-9-10-14-16(11-12)24-18(20(14)2)19-17(21)13-7-5-6-8-15(13)22-3/h5-11H,4H2,1-3H3. The molecular formula is C18H18N2O3S. The average molecular weight is 342 g/mol. The van der Waals surface area contributed by atoms with Crippen molar-refractivity contribution in [1.82, 2.24) is 4.57 Å². The van der Waals surface area contributed by atoms with Crippen LogP contribution in [0.25, 0.3) is 10.2 Å². The number of aromatic nitrogens is 1. The van der Waals surface area contributed by atoms with E-state index in [0.29, 0.717) is 22.7 Å². The van der Waals surface area contributed by atoms with Crippen molar-refractivity contribution in [2.75, 3.05) is 13.7 Å². The molecule has 0 N–H and O–H groups in total. The summed E-state index contributed by atoms with van der Waals surface area (Å²) in [6.07, 6.45) is 0. The molecule has 0 aliphatic heterocycles. The molecule has 0 spiro atoms. The van der Waals surface area contributed by atoms with Gasteiger partial charge >= 0.3 is 0 Å². The molecule has 0 aliphatic rings. The molecule has 24 heavy (non-hydrogen) atoms. The number of aryl methyl sites for hydroxylation is 1. The van der Waals surface area contributed by atoms with E-state index in [1.807, 2.05) is 42.8 Å². The van der Waals surface area contributed by atoms with Crippen LogP contribution in [0.3, 0.4) is 0 Å². The predicted octanol–water partition coefficient (Wildman–Crippen LogP) is 3.39. The summed E-state index contributed by atoms with van der Waals surface area (Å²) in [5.74, 6) is 1.02. The van der Waals surface area contributed by atoms with Crippen molar-refractivity contribution in [1.29, 1.82) is 0 Å². The zero-order valence-corrected chi connectivity index (χ0v) is 14.6. The Bertz CT molecular complexity index is 956. The van der Waals surface area contributed by atoms with Crippen LogP contribution in [0.15, 0.2) is 47.5 Å². The third-order valence-corrected chi connectivity index (χ3v) is 4.72. The van der Waals surface area contributed by atoms with E-state index in [2.05, 4.69) is 4.99 Å². The van der Waals surface area contributed by atoms with Gasteiger partial charge in [-0.1, -0.05) is 23.5 Å². The highest BCUT2D eigenvalue weighted by Crippen LogP contribution is 2.23. The summed E-state index contributed by atoms with van der Waals surface area (Å²) in [6, 6.07) is 13.0. The lowest BCUT2D eigenvalue weighted by Gasteiger charge is -2.03. The van der Waals surface area contributed by atoms with Crippen molar-refractivity contribution in [3.05, 3.63) is 52.8 Å². The summed E-state index contributed by atoms with van der Waals surface area (Å²) in [5.41, 5.74) is 1.46. The summed E-state index contributed by atoms with van der Waals surface area (Å²) < 4.78 is 13.7. The third kappa shape index (κ3) is 3.05. The zero-order chi connectivity index (χ0) is 17.1. The van der Waals surface area contributed by atoms with E-state index in [9.17, 15) is 4.79 Å². The van der Waals surface area contributed by atoms with Gasteiger partial charge in [-0.25, -0.2) is 0 Å². The Kier molecular flexibility index (Phi) is 4.66. The monoisotopic (exact) mass is 342 g/mol. The van der Waals surface area contributed by atoms with Gasteiger partial charge in [0.25, 0.3) is 5.91 Å². The fourth-order valence-corrected chi connectivity index (χ4v) is 3.49. The third-order valence-electron chi connectivity index (χ3n) is 3.63. The molecule has 6 heteroatoms. The summed E-state index contributed by atoms with van der Waals surface area (Å²) >= 11 is 1.46. The summed E-state index contributed by atoms with van der Waals surface area (Å²) in [5, 5.41) is 0. The minimum Gasteiger partial charge on any atom is -0.496 e. The van der Waals surface area contributed by atoms with Crippen molar-refractivity contribution in [3.8, 4) is 11.5 Å². The van der Waals surface area contributed by atoms with E-state index < -0.39 is 0 Å². The molecular weight excluding hydrogens is 324 g/mol. The molecule has 1 aromatic heterocycles. The second-order valence-electron chi connectivity index (χ2n) is 5.12. The van der Waals surface area contributed by atoms with Crippen LogP contribution in [0.2, 0.25) is 0 Å². The molecule has 0 saturated heterocycles. The maximum absolute atomic E-state index is 12.5. The molecule has 1 heterocycles. The number of hydrogen-bond donors (Lipinski definition) is 0. The van der Waals surface area contributed by atoms with Crippen LogP contribution in [-0.4, -0.2) is 24.2 Å². The minimum atomic E-state index is -0.320. The van der Waals surface area contributed by atoms with Crippen LogP contribution in [0.4, 0.5) is 0 Å². The van der Waals surface area contributed by atoms with Crippen LogP contribution in [0.5, 0.6) is 11.5 Å². The van der Waals surface area contributed by atoms with Gasteiger partial charge in [-0.3, -0.25) is 4.79 Å². The second kappa shape index (κ2) is 6.88. The van der Waals surface area contributed by atoms with Crippen molar-refractivity contribution in [3.63, 3.8) is 0 Å². The van der Waals surface area contributed by atoms with Crippen molar-refractivity contribution < 1.29 is 14.3 Å². The Morgan fingerprint density at radius 1 is 1.25 bits per heavy atom. The van der Waals surface area contributed by atoms with Gasteiger partial charge in [-0.15, -0.1) is 0 Å². The molecule has 0 fully saturated rings. The number of nitrogens with zero attached hydrogens (tertiary/aromatic N) is 2. The first-order valence-corrected chi connectivity index (χ1v) is 8.40. The number of carbonyl (C=O) groups excluding carboxylic acids is 1. The fraction of sp³-hybridized carbons (Fsp3) is 0.222. The van der Waals surface area contributed by atoms with Crippen molar-refractivity contribution in [2.24, 2.45) is 12.0 Å². The van der Waals surface area contributed by atoms with E-state index in [-0.39, 0.29) is 5.91 Å². The van der Waals surface area contributed by atoms with E-state index in [0.717, 1.165) is 16.0 Å². The molecule has 0 unspecified atom stereocenters. The normalized spacial score (nSPS) is 11.7. The Labute approximate surface area is 143 Å². The molecule has 2 aromatic carbocycles. The van der Waals surface area contributed by atoms with Gasteiger partial charge in [-0.2, -0.15) is 4.99 Å². The number of hydrogen-bond acceptors (Lipinski definition) is 4. The maximum atomic E-state index is 12.5. The van der Waals surface area contributed by atoms with Gasteiger partial charge < -0.3 is 14.0 Å². The number of methoxy groups -OCH3 is 1. The lowest BCUT2D eigenvalue weighted by atomic mass is 10.2. The number of fused-ring (bicyclic) bond motifs is 1. The Morgan fingerprint density at radius 3 is 2.79 bits per heavy atom. The van der Waals surface area contributed by atoms with Crippen LogP contribution in [0, 0.1) is 0 Å². The second-order valence-corrected chi connectivity index (χ2v) is 6.13. The zero-order valence-electron chi connectivity index (χ0n) is 13.8. The first-order valence-electron chi connectivity index (χ1n) is 7.58. The number of rotatable bonds is 4. The Morgan fingerprint density at radius 2 is 2.04 bits per heavy atom. The van der Waals surface area contributed by atoms with Crippen LogP contribution in [0.1, 0.15) is 17.3 Å². The summed E-state index contributed by atoms with van der Waals surface area (Å²) in [7, 11) is 3.44. The fourth-order valence-electron chi connectivity index (χ4n) is 2.45. The Hall–Kier alpha value is -2.60. The molecule has 3 rings (SSSR count). The first-order chi connectivity index (χ1) is 11.6. The lowest BCUT2D eigenvalue weighted by molar-refractivity contribution is 0.0995. The van der Waals surface area contributed by atoms with Gasteiger partial charge in [0.05, 0.1) is 29.5 Å². The SMILES string of the molecule is CCOc1ccc2c(c1)sc(=NC(=O)c1ccccc1OC)n2C. The number of carbonyl (C=O) groups is 1. The number of benzene rings is 2. The quantitative estimate of drug-likeness (QED) is 0.730. The van der Waals surface area contributed by atoms with E-state index in [4.69, 9.17) is 9.47 Å². The van der Waals surface area contributed by atoms with E-state index in [1.165, 1.54) is 11.3 Å². The van der Waals surface area contributed by atoms with Gasteiger partial charge in [0.2, 0.25) is 0 Å². The smallest absolute Gasteiger partial charge is 0.283 e. The van der Waals surface area contributed by atoms with Gasteiger partial charge in [0.1, 0.15) is 11.5 Å². The predicted molar refractivity (Wildman–Crippen MR) is 94.9 cm³/mol. The number of ether oxygens (including phenoxy) is 2. The number of para-hydroxylation sites is 1. The maximum Gasteiger partial charge on any atom is 0.283 e. The molecule has 1 amide bonds. The van der Waals surface area contributed by atoms with Gasteiger partial charge in [0.15, 0.2) is 4.80 Å². The topological polar surface area (TPSA) is 52.8 Å².